The Morgan fingerprint density at radius 3 is 2.35 bits per heavy atom. The highest BCUT2D eigenvalue weighted by Crippen LogP contribution is 2.17. The van der Waals surface area contributed by atoms with Crippen LogP contribution in [-0.4, -0.2) is 53.0 Å². The summed E-state index contributed by atoms with van der Waals surface area (Å²) in [6.45, 7) is 5.09. The minimum Gasteiger partial charge on any atom is -0.342 e. The number of rotatable bonds is 7. The minimum absolute atomic E-state index is 0.0149. The van der Waals surface area contributed by atoms with E-state index in [9.17, 15) is 21.6 Å². The van der Waals surface area contributed by atoms with Crippen molar-refractivity contribution in [1.29, 1.82) is 0 Å². The number of benzene rings is 1. The van der Waals surface area contributed by atoms with Crippen LogP contribution in [0.1, 0.15) is 33.1 Å². The van der Waals surface area contributed by atoms with Gasteiger partial charge in [0.1, 0.15) is 0 Å². The fourth-order valence-electron chi connectivity index (χ4n) is 2.94. The number of amides is 1. The van der Waals surface area contributed by atoms with Gasteiger partial charge < -0.3 is 4.90 Å². The van der Waals surface area contributed by atoms with Crippen molar-refractivity contribution in [2.24, 2.45) is 5.92 Å². The van der Waals surface area contributed by atoms with Gasteiger partial charge in [0.05, 0.1) is 15.5 Å². The predicted molar refractivity (Wildman–Crippen MR) is 99.0 cm³/mol. The van der Waals surface area contributed by atoms with Crippen LogP contribution in [0.5, 0.6) is 0 Å². The number of nitrogens with one attached hydrogen (secondary N) is 1. The average Bonchev–Trinajstić information content (AvgIpc) is 2.61. The zero-order chi connectivity index (χ0) is 19.4. The van der Waals surface area contributed by atoms with Gasteiger partial charge in [-0.3, -0.25) is 4.79 Å². The van der Waals surface area contributed by atoms with E-state index in [4.69, 9.17) is 0 Å². The van der Waals surface area contributed by atoms with E-state index in [0.717, 1.165) is 25.9 Å². The molecule has 1 aromatic rings. The number of sulfonamides is 1. The number of sulfone groups is 1. The van der Waals surface area contributed by atoms with E-state index in [-0.39, 0.29) is 34.4 Å². The summed E-state index contributed by atoms with van der Waals surface area (Å²) in [5, 5.41) is 0. The summed E-state index contributed by atoms with van der Waals surface area (Å²) in [6, 6.07) is 5.10. The summed E-state index contributed by atoms with van der Waals surface area (Å²) in [6.07, 6.45) is 2.19. The third-order valence-electron chi connectivity index (χ3n) is 4.51. The number of likely N-dealkylation sites (tertiary alicyclic amines) is 1. The molecule has 0 aromatic heterocycles. The maximum atomic E-state index is 12.3. The molecule has 1 aliphatic rings. The lowest BCUT2D eigenvalue weighted by molar-refractivity contribution is -0.132. The zero-order valence-electron chi connectivity index (χ0n) is 15.1. The molecule has 1 heterocycles. The number of hydrogen-bond acceptors (Lipinski definition) is 5. The molecule has 7 nitrogen and oxygen atoms in total. The smallest absolute Gasteiger partial charge is 0.240 e. The number of carbonyl (C=O) groups is 1. The van der Waals surface area contributed by atoms with Gasteiger partial charge in [-0.25, -0.2) is 21.6 Å². The van der Waals surface area contributed by atoms with Crippen molar-refractivity contribution in [3.05, 3.63) is 24.3 Å². The largest absolute Gasteiger partial charge is 0.342 e. The molecule has 1 N–H and O–H groups in total. The van der Waals surface area contributed by atoms with Crippen molar-refractivity contribution in [2.75, 3.05) is 25.4 Å². The number of nitrogens with zero attached hydrogens (tertiary/aromatic N) is 1. The second-order valence-electron chi connectivity index (χ2n) is 6.61. The van der Waals surface area contributed by atoms with Crippen LogP contribution < -0.4 is 4.72 Å². The lowest BCUT2D eigenvalue weighted by Crippen LogP contribution is -2.40. The first-order valence-electron chi connectivity index (χ1n) is 8.76. The minimum atomic E-state index is -3.78. The molecule has 0 aliphatic carbocycles. The molecule has 1 saturated heterocycles. The van der Waals surface area contributed by atoms with Crippen LogP contribution in [0.4, 0.5) is 0 Å². The Labute approximate surface area is 155 Å². The fraction of sp³-hybridized carbons (Fsp3) is 0.588. The third kappa shape index (κ3) is 5.28. The maximum absolute atomic E-state index is 12.3. The molecule has 1 unspecified atom stereocenters. The van der Waals surface area contributed by atoms with E-state index in [1.165, 1.54) is 31.2 Å². The number of carbonyl (C=O) groups excluding carboxylic acids is 1. The Balaban J connectivity index is 1.93. The second-order valence-corrected chi connectivity index (χ2v) is 10.7. The Morgan fingerprint density at radius 1 is 1.15 bits per heavy atom. The van der Waals surface area contributed by atoms with E-state index < -0.39 is 19.9 Å². The van der Waals surface area contributed by atoms with Gasteiger partial charge in [0, 0.05) is 26.1 Å². The van der Waals surface area contributed by atoms with Gasteiger partial charge in [0.25, 0.3) is 0 Å². The monoisotopic (exact) mass is 402 g/mol. The standard InChI is InChI=1S/C17H26N2O5S2/c1-3-25(21,22)15-6-8-16(9-7-15)26(23,24)18-11-10-17(20)19-12-4-5-14(2)13-19/h6-9,14,18H,3-5,10-13H2,1-2H3. The summed E-state index contributed by atoms with van der Waals surface area (Å²) in [5.74, 6) is 0.375. The van der Waals surface area contributed by atoms with E-state index in [1.807, 2.05) is 0 Å². The van der Waals surface area contributed by atoms with Crippen LogP contribution in [0.25, 0.3) is 0 Å². The summed E-state index contributed by atoms with van der Waals surface area (Å²) >= 11 is 0. The second kappa shape index (κ2) is 8.49. The van der Waals surface area contributed by atoms with Crippen LogP contribution in [0.15, 0.2) is 34.1 Å². The lowest BCUT2D eigenvalue weighted by atomic mass is 10.0. The predicted octanol–water partition coefficient (Wildman–Crippen LogP) is 1.41. The summed E-state index contributed by atoms with van der Waals surface area (Å²) in [4.78, 5) is 14.0. The van der Waals surface area contributed by atoms with Crippen LogP contribution in [0.3, 0.4) is 0 Å². The van der Waals surface area contributed by atoms with Crippen molar-refractivity contribution >= 4 is 25.8 Å². The molecule has 1 fully saturated rings. The number of hydrogen-bond donors (Lipinski definition) is 1. The van der Waals surface area contributed by atoms with Crippen LogP contribution in [0, 0.1) is 5.92 Å². The molecule has 9 heteroatoms. The molecule has 26 heavy (non-hydrogen) atoms. The van der Waals surface area contributed by atoms with Gasteiger partial charge in [-0.2, -0.15) is 0 Å². The first-order valence-corrected chi connectivity index (χ1v) is 11.9. The van der Waals surface area contributed by atoms with E-state index in [2.05, 4.69) is 11.6 Å². The lowest BCUT2D eigenvalue weighted by Gasteiger charge is -2.31. The van der Waals surface area contributed by atoms with Gasteiger partial charge in [-0.15, -0.1) is 0 Å². The van der Waals surface area contributed by atoms with Gasteiger partial charge in [0.15, 0.2) is 9.84 Å². The SMILES string of the molecule is CCS(=O)(=O)c1ccc(S(=O)(=O)NCCC(=O)N2CCCC(C)C2)cc1. The average molecular weight is 403 g/mol. The van der Waals surface area contributed by atoms with E-state index in [1.54, 1.807) is 4.90 Å². The molecule has 0 bridgehead atoms. The zero-order valence-corrected chi connectivity index (χ0v) is 16.8. The quantitative estimate of drug-likeness (QED) is 0.743. The first-order chi connectivity index (χ1) is 12.2. The Kier molecular flexibility index (Phi) is 6.81. The summed E-state index contributed by atoms with van der Waals surface area (Å²) in [5.41, 5.74) is 0. The van der Waals surface area contributed by atoms with Crippen molar-refractivity contribution < 1.29 is 21.6 Å². The van der Waals surface area contributed by atoms with Crippen molar-refractivity contribution in [3.63, 3.8) is 0 Å². The molecule has 146 valence electrons. The highest BCUT2D eigenvalue weighted by molar-refractivity contribution is 7.91. The third-order valence-corrected chi connectivity index (χ3v) is 7.74. The normalized spacial score (nSPS) is 18.7. The highest BCUT2D eigenvalue weighted by atomic mass is 32.2. The van der Waals surface area contributed by atoms with Crippen LogP contribution in [-0.2, 0) is 24.7 Å². The van der Waals surface area contributed by atoms with Gasteiger partial charge in [-0.05, 0) is 43.0 Å². The van der Waals surface area contributed by atoms with Crippen molar-refractivity contribution in [3.8, 4) is 0 Å². The molecular formula is C17H26N2O5S2. The first kappa shape index (κ1) is 20.9. The maximum Gasteiger partial charge on any atom is 0.240 e. The Bertz CT molecular complexity index is 832. The Hall–Kier alpha value is -1.45. The molecule has 0 spiro atoms. The molecule has 1 atom stereocenters. The molecule has 1 aliphatic heterocycles. The van der Waals surface area contributed by atoms with Gasteiger partial charge in [0.2, 0.25) is 15.9 Å². The highest BCUT2D eigenvalue weighted by Gasteiger charge is 2.22. The molecular weight excluding hydrogens is 376 g/mol. The molecule has 2 rings (SSSR count). The molecule has 1 amide bonds. The Morgan fingerprint density at radius 2 is 1.77 bits per heavy atom. The molecule has 0 radical (unpaired) electrons. The fourth-order valence-corrected chi connectivity index (χ4v) is 4.86. The topological polar surface area (TPSA) is 101 Å². The van der Waals surface area contributed by atoms with Crippen molar-refractivity contribution in [2.45, 2.75) is 42.9 Å². The van der Waals surface area contributed by atoms with E-state index in [0.29, 0.717) is 5.92 Å². The van der Waals surface area contributed by atoms with Crippen molar-refractivity contribution in [1.82, 2.24) is 9.62 Å². The number of piperidine rings is 1. The van der Waals surface area contributed by atoms with Gasteiger partial charge in [-0.1, -0.05) is 13.8 Å². The van der Waals surface area contributed by atoms with Gasteiger partial charge >= 0.3 is 0 Å². The summed E-state index contributed by atoms with van der Waals surface area (Å²) in [7, 11) is -7.15. The summed E-state index contributed by atoms with van der Waals surface area (Å²) < 4.78 is 50.5. The molecule has 0 saturated carbocycles. The van der Waals surface area contributed by atoms with Crippen LogP contribution in [0.2, 0.25) is 0 Å². The molecule has 1 aromatic carbocycles. The van der Waals surface area contributed by atoms with E-state index >= 15 is 0 Å². The van der Waals surface area contributed by atoms with Crippen LogP contribution >= 0.6 is 0 Å².